The third-order valence-electron chi connectivity index (χ3n) is 6.46. The summed E-state index contributed by atoms with van der Waals surface area (Å²) in [6.07, 6.45) is 7.75. The molecule has 0 spiro atoms. The van der Waals surface area contributed by atoms with Crippen molar-refractivity contribution in [3.63, 3.8) is 0 Å². The molecule has 1 aliphatic carbocycles. The van der Waals surface area contributed by atoms with Crippen molar-refractivity contribution in [2.24, 2.45) is 11.8 Å². The van der Waals surface area contributed by atoms with E-state index in [0.29, 0.717) is 30.8 Å². The highest BCUT2D eigenvalue weighted by molar-refractivity contribution is 7.99. The van der Waals surface area contributed by atoms with Crippen LogP contribution >= 0.6 is 23.5 Å². The predicted octanol–water partition coefficient (Wildman–Crippen LogP) is 1.68. The van der Waals surface area contributed by atoms with E-state index in [1.807, 2.05) is 0 Å². The normalized spacial score (nSPS) is 19.8. The van der Waals surface area contributed by atoms with E-state index in [1.165, 1.54) is 43.7 Å². The Morgan fingerprint density at radius 2 is 1.41 bits per heavy atom. The molecule has 0 aliphatic heterocycles. The zero-order chi connectivity index (χ0) is 29.9. The lowest BCUT2D eigenvalue weighted by Gasteiger charge is -2.36. The summed E-state index contributed by atoms with van der Waals surface area (Å²) in [4.78, 5) is 77.8. The largest absolute Gasteiger partial charge is 0.480 e. The van der Waals surface area contributed by atoms with Gasteiger partial charge in [-0.05, 0) is 25.0 Å². The maximum atomic E-state index is 14.2. The zero-order valence-electron chi connectivity index (χ0n) is 22.5. The van der Waals surface area contributed by atoms with Crippen LogP contribution in [0.25, 0.3) is 0 Å². The summed E-state index contributed by atoms with van der Waals surface area (Å²) in [6, 6.07) is 1.01. The maximum absolute atomic E-state index is 14.2. The van der Waals surface area contributed by atoms with Crippen LogP contribution in [0.3, 0.4) is 0 Å². The molecule has 0 bridgehead atoms. The van der Waals surface area contributed by atoms with Gasteiger partial charge in [0.15, 0.2) is 0 Å². The monoisotopic (exact) mass is 604 g/mol. The van der Waals surface area contributed by atoms with Gasteiger partial charge < -0.3 is 20.8 Å². The fourth-order valence-electron chi connectivity index (χ4n) is 4.66. The minimum Gasteiger partial charge on any atom is -0.480 e. The van der Waals surface area contributed by atoms with Crippen molar-refractivity contribution in [3.8, 4) is 0 Å². The van der Waals surface area contributed by atoms with Crippen LogP contribution in [-0.2, 0) is 24.0 Å². The molecule has 1 fully saturated rings. The third kappa shape index (κ3) is 9.21. The standard InChI is InChI=1S/C26H32N6O7S2/c1-14(33)31-19(25(36)37)11-40-22(18-7-10-27-13-30-18)16-5-3-6-17(21(16)35)23(24-28-8-4-9-29-24)41-12-20(26(38)39)32-15(2)34/h4,7-10,13,16-17,19-20,22-23H,3,5-6,11-12H2,1-2H3,(H,31,33)(H,32,34)(H,36,37)(H,38,39). The Morgan fingerprint density at radius 1 is 0.878 bits per heavy atom. The van der Waals surface area contributed by atoms with E-state index < -0.39 is 58.2 Å². The number of ketones is 1. The third-order valence-corrected chi connectivity index (χ3v) is 9.34. The van der Waals surface area contributed by atoms with Crippen molar-refractivity contribution in [2.75, 3.05) is 11.5 Å². The molecule has 2 heterocycles. The van der Waals surface area contributed by atoms with Crippen LogP contribution in [0.5, 0.6) is 0 Å². The first-order valence-electron chi connectivity index (χ1n) is 12.9. The highest BCUT2D eigenvalue weighted by Gasteiger charge is 2.43. The molecule has 2 amide bonds. The SMILES string of the molecule is CC(=O)NC(CSC(c1ccncn1)C1CCCC(C(SCC(NC(C)=O)C(=O)O)c2ncccn2)C1=O)C(=O)O. The zero-order valence-corrected chi connectivity index (χ0v) is 24.1. The molecule has 4 N–H and O–H groups in total. The summed E-state index contributed by atoms with van der Waals surface area (Å²) >= 11 is 2.43. The number of aromatic nitrogens is 4. The molecule has 15 heteroatoms. The number of carboxylic acid groups (broad SMARTS) is 2. The minimum atomic E-state index is -1.19. The second-order valence-electron chi connectivity index (χ2n) is 9.48. The van der Waals surface area contributed by atoms with Gasteiger partial charge in [-0.25, -0.2) is 29.5 Å². The fraction of sp³-hybridized carbons (Fsp3) is 0.500. The lowest BCUT2D eigenvalue weighted by Crippen LogP contribution is -2.42. The Hall–Kier alpha value is -3.59. The van der Waals surface area contributed by atoms with Crippen molar-refractivity contribution in [1.29, 1.82) is 0 Å². The first kappa shape index (κ1) is 31.9. The number of Topliss-reactive ketones (excluding diaryl/α,β-unsaturated/α-hetero) is 1. The van der Waals surface area contributed by atoms with E-state index >= 15 is 0 Å². The molecule has 3 rings (SSSR count). The molecule has 6 atom stereocenters. The molecule has 2 aromatic rings. The molecule has 220 valence electrons. The van der Waals surface area contributed by atoms with Crippen LogP contribution in [0, 0.1) is 11.8 Å². The average molecular weight is 605 g/mol. The van der Waals surface area contributed by atoms with Gasteiger partial charge in [0.2, 0.25) is 11.8 Å². The number of carboxylic acids is 2. The number of carbonyl (C=O) groups excluding carboxylic acids is 3. The Morgan fingerprint density at radius 3 is 1.90 bits per heavy atom. The van der Waals surface area contributed by atoms with E-state index in [1.54, 1.807) is 30.7 Å². The lowest BCUT2D eigenvalue weighted by molar-refractivity contribution is -0.141. The van der Waals surface area contributed by atoms with E-state index in [0.717, 1.165) is 0 Å². The van der Waals surface area contributed by atoms with Crippen LogP contribution in [0.4, 0.5) is 0 Å². The molecule has 0 saturated heterocycles. The van der Waals surface area contributed by atoms with Gasteiger partial charge in [0.1, 0.15) is 30.0 Å². The molecule has 0 aromatic carbocycles. The Kier molecular flexibility index (Phi) is 12.0. The molecule has 41 heavy (non-hydrogen) atoms. The van der Waals surface area contributed by atoms with Crippen molar-refractivity contribution >= 4 is 53.1 Å². The van der Waals surface area contributed by atoms with Gasteiger partial charge in [0, 0.05) is 55.8 Å². The second kappa shape index (κ2) is 15.4. The number of hydrogen-bond acceptors (Lipinski definition) is 11. The van der Waals surface area contributed by atoms with Crippen molar-refractivity contribution in [3.05, 3.63) is 48.6 Å². The number of nitrogens with one attached hydrogen (secondary N) is 2. The lowest BCUT2D eigenvalue weighted by atomic mass is 9.76. The number of rotatable bonds is 14. The van der Waals surface area contributed by atoms with E-state index in [4.69, 9.17) is 0 Å². The molecule has 0 radical (unpaired) electrons. The van der Waals surface area contributed by atoms with Gasteiger partial charge in [0.05, 0.1) is 16.2 Å². The summed E-state index contributed by atoms with van der Waals surface area (Å²) in [7, 11) is 0. The summed E-state index contributed by atoms with van der Waals surface area (Å²) in [5.41, 5.74) is 0.563. The average Bonchev–Trinajstić information content (AvgIpc) is 2.94. The molecule has 1 saturated carbocycles. The minimum absolute atomic E-state index is 0.00657. The second-order valence-corrected chi connectivity index (χ2v) is 11.8. The molecular weight excluding hydrogens is 572 g/mol. The Labute approximate surface area is 245 Å². The summed E-state index contributed by atoms with van der Waals surface area (Å²) in [6.45, 7) is 2.47. The maximum Gasteiger partial charge on any atom is 0.327 e. The summed E-state index contributed by atoms with van der Waals surface area (Å²) < 4.78 is 0. The number of aliphatic carboxylic acids is 2. The smallest absolute Gasteiger partial charge is 0.327 e. The summed E-state index contributed by atoms with van der Waals surface area (Å²) in [5, 5.41) is 22.9. The van der Waals surface area contributed by atoms with Crippen LogP contribution in [0.2, 0.25) is 0 Å². The van der Waals surface area contributed by atoms with Gasteiger partial charge in [-0.15, -0.1) is 23.5 Å². The highest BCUT2D eigenvalue weighted by Crippen LogP contribution is 2.48. The molecule has 13 nitrogen and oxygen atoms in total. The van der Waals surface area contributed by atoms with Crippen LogP contribution in [0.1, 0.15) is 55.1 Å². The summed E-state index contributed by atoms with van der Waals surface area (Å²) in [5.74, 6) is -4.16. The van der Waals surface area contributed by atoms with E-state index in [-0.39, 0.29) is 17.3 Å². The number of thioether (sulfide) groups is 2. The van der Waals surface area contributed by atoms with Crippen molar-refractivity contribution < 1.29 is 34.2 Å². The first-order valence-corrected chi connectivity index (χ1v) is 15.0. The van der Waals surface area contributed by atoms with Gasteiger partial charge in [-0.3, -0.25) is 14.4 Å². The highest BCUT2D eigenvalue weighted by atomic mass is 32.2. The number of carbonyl (C=O) groups is 5. The van der Waals surface area contributed by atoms with E-state index in [2.05, 4.69) is 30.6 Å². The van der Waals surface area contributed by atoms with Gasteiger partial charge in [-0.1, -0.05) is 6.42 Å². The van der Waals surface area contributed by atoms with Gasteiger partial charge in [-0.2, -0.15) is 0 Å². The first-order chi connectivity index (χ1) is 19.6. The predicted molar refractivity (Wildman–Crippen MR) is 151 cm³/mol. The number of nitrogens with zero attached hydrogens (tertiary/aromatic N) is 4. The van der Waals surface area contributed by atoms with Crippen molar-refractivity contribution in [2.45, 2.75) is 55.7 Å². The van der Waals surface area contributed by atoms with Gasteiger partial charge >= 0.3 is 11.9 Å². The molecule has 1 aliphatic rings. The molecule has 2 aromatic heterocycles. The van der Waals surface area contributed by atoms with E-state index in [9.17, 15) is 34.2 Å². The fourth-order valence-corrected chi connectivity index (χ4v) is 7.50. The quantitative estimate of drug-likeness (QED) is 0.243. The molecular formula is C26H32N6O7S2. The van der Waals surface area contributed by atoms with Gasteiger partial charge in [0.25, 0.3) is 0 Å². The Bertz CT molecular complexity index is 1130. The number of amides is 2. The Balaban J connectivity index is 1.90. The number of hydrogen-bond donors (Lipinski definition) is 4. The van der Waals surface area contributed by atoms with Crippen LogP contribution in [-0.4, -0.2) is 83.3 Å². The van der Waals surface area contributed by atoms with Crippen LogP contribution < -0.4 is 10.6 Å². The van der Waals surface area contributed by atoms with Crippen molar-refractivity contribution in [1.82, 2.24) is 30.6 Å². The van der Waals surface area contributed by atoms with Crippen LogP contribution in [0.15, 0.2) is 37.1 Å². The topological polar surface area (TPSA) is 201 Å². The molecule has 6 unspecified atom stereocenters.